The van der Waals surface area contributed by atoms with Crippen molar-refractivity contribution >= 4 is 53.1 Å². The van der Waals surface area contributed by atoms with Gasteiger partial charge in [0.2, 0.25) is 10.0 Å². The largest absolute Gasteiger partial charge is 0.379 e. The Bertz CT molecular complexity index is 1950. The van der Waals surface area contributed by atoms with E-state index >= 15 is 0 Å². The fraction of sp³-hybridized carbons (Fsp3) is 0.161. The fourth-order valence-electron chi connectivity index (χ4n) is 4.85. The molecule has 0 aliphatic rings. The average molecular weight is 590 g/mol. The summed E-state index contributed by atoms with van der Waals surface area (Å²) in [7, 11) is -0.338. The van der Waals surface area contributed by atoms with Gasteiger partial charge in [0.25, 0.3) is 0 Å². The SMILES string of the molecule is CN(C)c1cccc2c(S(=O)(=O)NCc3ccc(OS(=O)(=O)c4cccc5c(N(C)C)cccc45)cc3)cccc12. The summed E-state index contributed by atoms with van der Waals surface area (Å²) in [6, 6.07) is 27.7. The minimum absolute atomic E-state index is 0.0236. The van der Waals surface area contributed by atoms with E-state index in [1.165, 1.54) is 18.2 Å². The number of anilines is 2. The third-order valence-corrected chi connectivity index (χ3v) is 9.60. The molecule has 0 atom stereocenters. The Morgan fingerprint density at radius 3 is 1.59 bits per heavy atom. The Morgan fingerprint density at radius 1 is 0.585 bits per heavy atom. The van der Waals surface area contributed by atoms with Crippen molar-refractivity contribution in [3.63, 3.8) is 0 Å². The van der Waals surface area contributed by atoms with Crippen LogP contribution in [0.25, 0.3) is 21.5 Å². The van der Waals surface area contributed by atoms with E-state index in [9.17, 15) is 16.8 Å². The minimum Gasteiger partial charge on any atom is -0.379 e. The fourth-order valence-corrected chi connectivity index (χ4v) is 7.24. The number of hydrogen-bond donors (Lipinski definition) is 1. The molecule has 8 nitrogen and oxygen atoms in total. The standard InChI is InChI=1S/C31H31N3O5S2/c1-33(2)28-13-5-11-26-24(28)9-7-15-30(26)40(35,36)32-21-22-17-19-23(20-18-22)39-41(37,38)31-16-8-10-25-27(31)12-6-14-29(25)34(3)4/h5-20,32H,21H2,1-4H3. The van der Waals surface area contributed by atoms with Gasteiger partial charge >= 0.3 is 10.1 Å². The van der Waals surface area contributed by atoms with Crippen molar-refractivity contribution in [2.45, 2.75) is 16.3 Å². The molecule has 0 heterocycles. The summed E-state index contributed by atoms with van der Waals surface area (Å²) in [6.07, 6.45) is 0. The van der Waals surface area contributed by atoms with Crippen LogP contribution in [0.4, 0.5) is 11.4 Å². The molecule has 212 valence electrons. The zero-order valence-electron chi connectivity index (χ0n) is 23.2. The lowest BCUT2D eigenvalue weighted by Crippen LogP contribution is -2.23. The Morgan fingerprint density at radius 2 is 1.05 bits per heavy atom. The highest BCUT2D eigenvalue weighted by Gasteiger charge is 2.22. The first-order valence-electron chi connectivity index (χ1n) is 12.9. The molecule has 5 aromatic carbocycles. The zero-order valence-corrected chi connectivity index (χ0v) is 24.8. The van der Waals surface area contributed by atoms with Gasteiger partial charge in [-0.05, 0) is 42.0 Å². The van der Waals surface area contributed by atoms with Gasteiger partial charge < -0.3 is 14.0 Å². The topological polar surface area (TPSA) is 96.0 Å². The first-order chi connectivity index (χ1) is 19.5. The van der Waals surface area contributed by atoms with Crippen LogP contribution in [0.1, 0.15) is 5.56 Å². The average Bonchev–Trinajstić information content (AvgIpc) is 2.95. The maximum absolute atomic E-state index is 13.3. The second-order valence-electron chi connectivity index (χ2n) is 10.1. The van der Waals surface area contributed by atoms with Crippen molar-refractivity contribution in [1.82, 2.24) is 4.72 Å². The lowest BCUT2D eigenvalue weighted by atomic mass is 10.1. The molecule has 0 saturated heterocycles. The molecular formula is C31H31N3O5S2. The van der Waals surface area contributed by atoms with Gasteiger partial charge in [-0.25, -0.2) is 13.1 Å². The summed E-state index contributed by atoms with van der Waals surface area (Å²) in [5, 5.41) is 2.84. The van der Waals surface area contributed by atoms with Gasteiger partial charge in [0.05, 0.1) is 4.90 Å². The summed E-state index contributed by atoms with van der Waals surface area (Å²) in [4.78, 5) is 4.13. The molecule has 0 amide bonds. The maximum atomic E-state index is 13.3. The molecule has 0 spiro atoms. The Balaban J connectivity index is 1.34. The van der Waals surface area contributed by atoms with Crippen LogP contribution in [0.15, 0.2) is 107 Å². The number of rotatable bonds is 9. The van der Waals surface area contributed by atoms with Crippen LogP contribution >= 0.6 is 0 Å². The zero-order chi connectivity index (χ0) is 29.4. The Labute approximate surface area is 241 Å². The number of benzene rings is 5. The molecule has 41 heavy (non-hydrogen) atoms. The molecule has 0 radical (unpaired) electrons. The van der Waals surface area contributed by atoms with Gasteiger partial charge in [-0.1, -0.05) is 60.7 Å². The highest BCUT2D eigenvalue weighted by atomic mass is 32.2. The lowest BCUT2D eigenvalue weighted by molar-refractivity contribution is 0.487. The highest BCUT2D eigenvalue weighted by molar-refractivity contribution is 7.89. The van der Waals surface area contributed by atoms with E-state index in [4.69, 9.17) is 4.18 Å². The molecule has 0 aliphatic heterocycles. The summed E-state index contributed by atoms with van der Waals surface area (Å²) in [5.41, 5.74) is 2.47. The third-order valence-electron chi connectivity index (χ3n) is 6.84. The van der Waals surface area contributed by atoms with Gasteiger partial charge in [-0.3, -0.25) is 0 Å². The summed E-state index contributed by atoms with van der Waals surface area (Å²) in [5.74, 6) is 0.127. The van der Waals surface area contributed by atoms with Crippen molar-refractivity contribution in [1.29, 1.82) is 0 Å². The van der Waals surface area contributed by atoms with Gasteiger partial charge in [0.1, 0.15) is 10.6 Å². The molecule has 10 heteroatoms. The lowest BCUT2D eigenvalue weighted by Gasteiger charge is -2.17. The van der Waals surface area contributed by atoms with Crippen LogP contribution in [0, 0.1) is 0 Å². The molecule has 0 bridgehead atoms. The maximum Gasteiger partial charge on any atom is 0.339 e. The van der Waals surface area contributed by atoms with Gasteiger partial charge in [0, 0.05) is 67.7 Å². The van der Waals surface area contributed by atoms with E-state index in [0.717, 1.165) is 22.1 Å². The van der Waals surface area contributed by atoms with Crippen LogP contribution in [0.3, 0.4) is 0 Å². The van der Waals surface area contributed by atoms with E-state index in [1.54, 1.807) is 42.5 Å². The minimum atomic E-state index is -4.13. The molecule has 0 aliphatic carbocycles. The van der Waals surface area contributed by atoms with E-state index in [1.807, 2.05) is 74.4 Å². The van der Waals surface area contributed by atoms with Gasteiger partial charge in [-0.2, -0.15) is 8.42 Å². The van der Waals surface area contributed by atoms with Crippen LogP contribution in [-0.2, 0) is 26.7 Å². The molecule has 1 N–H and O–H groups in total. The van der Waals surface area contributed by atoms with Crippen LogP contribution in [-0.4, -0.2) is 45.0 Å². The number of hydrogen-bond acceptors (Lipinski definition) is 7. The normalized spacial score (nSPS) is 12.0. The smallest absolute Gasteiger partial charge is 0.339 e. The van der Waals surface area contributed by atoms with E-state index in [0.29, 0.717) is 16.3 Å². The highest BCUT2D eigenvalue weighted by Crippen LogP contribution is 2.32. The van der Waals surface area contributed by atoms with Gasteiger partial charge in [0.15, 0.2) is 0 Å². The summed E-state index contributed by atoms with van der Waals surface area (Å²) >= 11 is 0. The molecule has 0 fully saturated rings. The number of sulfonamides is 1. The first kappa shape index (κ1) is 28.4. The van der Waals surface area contributed by atoms with Crippen molar-refractivity contribution in [2.24, 2.45) is 0 Å². The van der Waals surface area contributed by atoms with Crippen molar-refractivity contribution < 1.29 is 21.0 Å². The van der Waals surface area contributed by atoms with Crippen LogP contribution in [0.5, 0.6) is 5.75 Å². The molecule has 0 unspecified atom stereocenters. The second-order valence-corrected chi connectivity index (χ2v) is 13.3. The van der Waals surface area contributed by atoms with Crippen LogP contribution in [0.2, 0.25) is 0 Å². The molecule has 0 aromatic heterocycles. The van der Waals surface area contributed by atoms with E-state index in [2.05, 4.69) is 4.72 Å². The Hall–Kier alpha value is -4.12. The quantitative estimate of drug-likeness (QED) is 0.231. The predicted molar refractivity (Wildman–Crippen MR) is 165 cm³/mol. The summed E-state index contributed by atoms with van der Waals surface area (Å²) < 4.78 is 61.1. The van der Waals surface area contributed by atoms with E-state index < -0.39 is 20.1 Å². The number of nitrogens with one attached hydrogen (secondary N) is 1. The van der Waals surface area contributed by atoms with Gasteiger partial charge in [-0.15, -0.1) is 0 Å². The second kappa shape index (κ2) is 11.0. The van der Waals surface area contributed by atoms with E-state index in [-0.39, 0.29) is 22.1 Å². The van der Waals surface area contributed by atoms with Crippen molar-refractivity contribution in [3.05, 3.63) is 103 Å². The number of fused-ring (bicyclic) bond motifs is 2. The molecule has 5 rings (SSSR count). The number of nitrogens with zero attached hydrogens (tertiary/aromatic N) is 2. The third kappa shape index (κ3) is 5.72. The predicted octanol–water partition coefficient (Wildman–Crippen LogP) is 5.37. The van der Waals surface area contributed by atoms with Crippen molar-refractivity contribution in [3.8, 4) is 5.75 Å². The first-order valence-corrected chi connectivity index (χ1v) is 15.8. The Kier molecular flexibility index (Phi) is 7.65. The van der Waals surface area contributed by atoms with Crippen molar-refractivity contribution in [2.75, 3.05) is 38.0 Å². The summed E-state index contributed by atoms with van der Waals surface area (Å²) in [6.45, 7) is 0.0236. The molecular weight excluding hydrogens is 558 g/mol. The monoisotopic (exact) mass is 589 g/mol. The molecule has 5 aromatic rings. The van der Waals surface area contributed by atoms with Crippen LogP contribution < -0.4 is 18.7 Å². The molecule has 0 saturated carbocycles.